The van der Waals surface area contributed by atoms with Gasteiger partial charge in [0.1, 0.15) is 21.7 Å². The van der Waals surface area contributed by atoms with E-state index in [1.807, 2.05) is 0 Å². The van der Waals surface area contributed by atoms with E-state index in [4.69, 9.17) is 0 Å². The molecule has 0 aliphatic heterocycles. The standard InChI is InChI=1S/C25H28FN4O5S/c1-25(2,3)24-29-20(22(32)27-16-17-10-12-18(26)13-11-17)21(31)23(33)30(24)15-7-14-28-36(34,35)19-8-5-4-6-9-19/h4-6,8-13H,7,14-16H2,1-3H3,(H2,27,31,32)/q-1. The van der Waals surface area contributed by atoms with Crippen molar-refractivity contribution in [1.29, 1.82) is 0 Å². The van der Waals surface area contributed by atoms with Crippen molar-refractivity contribution >= 4 is 15.9 Å². The van der Waals surface area contributed by atoms with E-state index in [-0.39, 0.29) is 36.8 Å². The summed E-state index contributed by atoms with van der Waals surface area (Å²) in [5.41, 5.74) is -1.28. The molecule has 3 rings (SSSR count). The maximum absolute atomic E-state index is 13.1. The Labute approximate surface area is 209 Å². The largest absolute Gasteiger partial charge is 0.545 e. The molecule has 0 aliphatic rings. The Morgan fingerprint density at radius 3 is 2.36 bits per heavy atom. The molecule has 2 aromatic carbocycles. The molecular weight excluding hydrogens is 487 g/mol. The Bertz CT molecular complexity index is 1380. The van der Waals surface area contributed by atoms with Gasteiger partial charge in [0.25, 0.3) is 11.5 Å². The fourth-order valence-corrected chi connectivity index (χ4v) is 4.45. The minimum absolute atomic E-state index is 0.0390. The Kier molecular flexibility index (Phi) is 8.26. The van der Waals surface area contributed by atoms with Crippen molar-refractivity contribution in [1.82, 2.24) is 14.9 Å². The number of nitrogens with zero attached hydrogens (tertiary/aromatic N) is 3. The molecular formula is C25H28FN4O5S-. The number of halogens is 1. The molecule has 1 heterocycles. The Hall–Kier alpha value is -3.57. The maximum atomic E-state index is 13.1. The minimum Gasteiger partial charge on any atom is -0.545 e. The third-order valence-electron chi connectivity index (χ3n) is 5.24. The van der Waals surface area contributed by atoms with E-state index < -0.39 is 44.2 Å². The van der Waals surface area contributed by atoms with Gasteiger partial charge < -0.3 is 15.1 Å². The second kappa shape index (κ2) is 11.0. The van der Waals surface area contributed by atoms with Crippen LogP contribution in [-0.4, -0.2) is 35.5 Å². The first-order valence-corrected chi connectivity index (χ1v) is 12.7. The van der Waals surface area contributed by atoms with Gasteiger partial charge in [-0.05, 0) is 29.8 Å². The first-order valence-electron chi connectivity index (χ1n) is 11.3. The lowest BCUT2D eigenvalue weighted by Crippen LogP contribution is -2.35. The van der Waals surface area contributed by atoms with Gasteiger partial charge >= 0.3 is 0 Å². The average molecular weight is 516 g/mol. The van der Waals surface area contributed by atoms with Gasteiger partial charge in [-0.2, -0.15) is 0 Å². The summed E-state index contributed by atoms with van der Waals surface area (Å²) in [4.78, 5) is 30.1. The lowest BCUT2D eigenvalue weighted by Gasteiger charge is -2.25. The van der Waals surface area contributed by atoms with Crippen LogP contribution in [0.15, 0.2) is 64.3 Å². The topological polar surface area (TPSA) is 132 Å². The Morgan fingerprint density at radius 1 is 1.11 bits per heavy atom. The third-order valence-corrected chi connectivity index (χ3v) is 6.63. The first kappa shape index (κ1) is 27.0. The van der Waals surface area contributed by atoms with Gasteiger partial charge in [-0.3, -0.25) is 14.2 Å². The second-order valence-electron chi connectivity index (χ2n) is 9.14. The van der Waals surface area contributed by atoms with Crippen LogP contribution in [0.4, 0.5) is 4.39 Å². The van der Waals surface area contributed by atoms with Crippen LogP contribution < -0.4 is 10.9 Å². The second-order valence-corrected chi connectivity index (χ2v) is 10.8. The summed E-state index contributed by atoms with van der Waals surface area (Å²) in [6.45, 7) is 5.41. The summed E-state index contributed by atoms with van der Waals surface area (Å²) < 4.78 is 42.8. The van der Waals surface area contributed by atoms with Crippen LogP contribution in [0.25, 0.3) is 4.72 Å². The molecule has 3 aromatic rings. The van der Waals surface area contributed by atoms with E-state index in [0.29, 0.717) is 5.56 Å². The normalized spacial score (nSPS) is 11.9. The summed E-state index contributed by atoms with van der Waals surface area (Å²) in [7, 11) is -3.82. The molecule has 2 N–H and O–H groups in total. The van der Waals surface area contributed by atoms with Crippen LogP contribution in [0, 0.1) is 5.82 Å². The highest BCUT2D eigenvalue weighted by Gasteiger charge is 2.27. The molecule has 0 bridgehead atoms. The van der Waals surface area contributed by atoms with E-state index in [0.717, 1.165) is 0 Å². The predicted octanol–water partition coefficient (Wildman–Crippen LogP) is 3.47. The van der Waals surface area contributed by atoms with E-state index in [2.05, 4.69) is 15.0 Å². The number of amides is 1. The zero-order valence-electron chi connectivity index (χ0n) is 20.2. The quantitative estimate of drug-likeness (QED) is 0.420. The molecule has 11 heteroatoms. The highest BCUT2D eigenvalue weighted by molar-refractivity contribution is 7.94. The predicted molar refractivity (Wildman–Crippen MR) is 133 cm³/mol. The highest BCUT2D eigenvalue weighted by atomic mass is 32.2. The molecule has 0 aliphatic carbocycles. The number of nitrogens with one attached hydrogen (secondary N) is 1. The van der Waals surface area contributed by atoms with Gasteiger partial charge in [-0.1, -0.05) is 57.5 Å². The summed E-state index contributed by atoms with van der Waals surface area (Å²) in [5, 5.41) is 13.1. The molecule has 36 heavy (non-hydrogen) atoms. The van der Waals surface area contributed by atoms with Gasteiger partial charge in [-0.15, -0.1) is 6.54 Å². The number of carbonyl (C=O) groups is 1. The van der Waals surface area contributed by atoms with E-state index >= 15 is 0 Å². The molecule has 0 atom stereocenters. The van der Waals surface area contributed by atoms with Crippen LogP contribution in [0.5, 0.6) is 5.75 Å². The van der Waals surface area contributed by atoms with E-state index in [1.54, 1.807) is 39.0 Å². The summed E-state index contributed by atoms with van der Waals surface area (Å²) in [5.74, 6) is -1.72. The zero-order chi connectivity index (χ0) is 26.5. The lowest BCUT2D eigenvalue weighted by molar-refractivity contribution is 0.0941. The van der Waals surface area contributed by atoms with Crippen LogP contribution in [0.2, 0.25) is 0 Å². The summed E-state index contributed by atoms with van der Waals surface area (Å²) >= 11 is 0. The molecule has 0 radical (unpaired) electrons. The summed E-state index contributed by atoms with van der Waals surface area (Å²) in [6, 6.07) is 13.3. The van der Waals surface area contributed by atoms with E-state index in [1.165, 1.54) is 41.0 Å². The molecule has 0 spiro atoms. The smallest absolute Gasteiger partial charge is 0.296 e. The van der Waals surface area contributed by atoms with Gasteiger partial charge in [0.05, 0.1) is 0 Å². The number of carbonyl (C=O) groups excluding carboxylic acids is 1. The monoisotopic (exact) mass is 515 g/mol. The van der Waals surface area contributed by atoms with Gasteiger partial charge in [-0.25, -0.2) is 17.8 Å². The van der Waals surface area contributed by atoms with Crippen molar-refractivity contribution < 1.29 is 22.7 Å². The molecule has 192 valence electrons. The van der Waals surface area contributed by atoms with Crippen molar-refractivity contribution in [2.45, 2.75) is 50.6 Å². The zero-order valence-corrected chi connectivity index (χ0v) is 21.0. The average Bonchev–Trinajstić information content (AvgIpc) is 2.83. The lowest BCUT2D eigenvalue weighted by atomic mass is 9.95. The number of aromatic hydroxyl groups is 1. The molecule has 1 aromatic heterocycles. The molecule has 0 saturated heterocycles. The number of sulfonamides is 1. The van der Waals surface area contributed by atoms with Gasteiger partial charge in [0, 0.05) is 23.4 Å². The van der Waals surface area contributed by atoms with Crippen LogP contribution in [0.3, 0.4) is 0 Å². The van der Waals surface area contributed by atoms with E-state index in [9.17, 15) is 27.5 Å². The van der Waals surface area contributed by atoms with Gasteiger partial charge in [0.2, 0.25) is 5.75 Å². The van der Waals surface area contributed by atoms with Crippen molar-refractivity contribution in [3.63, 3.8) is 0 Å². The fourth-order valence-electron chi connectivity index (χ4n) is 3.43. The maximum Gasteiger partial charge on any atom is 0.296 e. The molecule has 0 unspecified atom stereocenters. The van der Waals surface area contributed by atoms with Crippen molar-refractivity contribution in [3.8, 4) is 5.75 Å². The van der Waals surface area contributed by atoms with Crippen LogP contribution in [-0.2, 0) is 28.5 Å². The van der Waals surface area contributed by atoms with Crippen molar-refractivity contribution in [2.75, 3.05) is 6.54 Å². The Morgan fingerprint density at radius 2 is 1.75 bits per heavy atom. The highest BCUT2D eigenvalue weighted by Crippen LogP contribution is 2.23. The molecule has 1 amide bonds. The first-order chi connectivity index (χ1) is 16.9. The minimum atomic E-state index is -3.82. The fraction of sp³-hybridized carbons (Fsp3) is 0.320. The summed E-state index contributed by atoms with van der Waals surface area (Å²) in [6.07, 6.45) is 0.187. The van der Waals surface area contributed by atoms with Crippen molar-refractivity contribution in [3.05, 3.63) is 92.6 Å². The van der Waals surface area contributed by atoms with Gasteiger partial charge in [0.15, 0.2) is 5.69 Å². The van der Waals surface area contributed by atoms with Crippen molar-refractivity contribution in [2.24, 2.45) is 0 Å². The SMILES string of the molecule is CC(C)(C)c1nc(C(=O)NCc2ccc(F)cc2)c(O)c(=O)n1CCC[N-]S(=O)(=O)c1ccccc1. The molecule has 0 fully saturated rings. The molecule has 0 saturated carbocycles. The van der Waals surface area contributed by atoms with Crippen LogP contribution in [0.1, 0.15) is 49.1 Å². The number of hydrogen-bond donors (Lipinski definition) is 2. The molecule has 9 nitrogen and oxygen atoms in total. The number of hydrogen-bond acceptors (Lipinski definition) is 6. The number of aromatic nitrogens is 2. The third kappa shape index (κ3) is 6.55. The van der Waals surface area contributed by atoms with Crippen LogP contribution >= 0.6 is 0 Å². The number of benzene rings is 2. The Balaban J connectivity index is 1.76. The number of rotatable bonds is 9.